The van der Waals surface area contributed by atoms with Crippen molar-refractivity contribution in [3.8, 4) is 0 Å². The van der Waals surface area contributed by atoms with Gasteiger partial charge in [0.15, 0.2) is 0 Å². The summed E-state index contributed by atoms with van der Waals surface area (Å²) in [5.41, 5.74) is 0.395. The average molecular weight is 210 g/mol. The van der Waals surface area contributed by atoms with Crippen LogP contribution in [0.25, 0.3) is 0 Å². The van der Waals surface area contributed by atoms with Crippen molar-refractivity contribution in [2.75, 3.05) is 0 Å². The minimum absolute atomic E-state index is 0.260. The standard InChI is InChI=1S/C12H15FO2/c1-9(14)15-12(2,3)8-10-4-6-11(13)7-5-10/h4-7H,8H2,1-3H3. The number of carbonyl (C=O) groups is 1. The van der Waals surface area contributed by atoms with Crippen LogP contribution >= 0.6 is 0 Å². The van der Waals surface area contributed by atoms with Crippen molar-refractivity contribution in [3.05, 3.63) is 35.6 Å². The van der Waals surface area contributed by atoms with Crippen LogP contribution in [-0.2, 0) is 16.0 Å². The SMILES string of the molecule is CC(=O)OC(C)(C)Cc1ccc(F)cc1. The van der Waals surface area contributed by atoms with Gasteiger partial charge in [0, 0.05) is 13.3 Å². The lowest BCUT2D eigenvalue weighted by atomic mass is 9.98. The van der Waals surface area contributed by atoms with Crippen LogP contribution in [0.15, 0.2) is 24.3 Å². The molecule has 0 bridgehead atoms. The Hall–Kier alpha value is -1.38. The predicted molar refractivity (Wildman–Crippen MR) is 55.9 cm³/mol. The zero-order valence-corrected chi connectivity index (χ0v) is 9.21. The van der Waals surface area contributed by atoms with Gasteiger partial charge in [-0.15, -0.1) is 0 Å². The third-order valence-electron chi connectivity index (χ3n) is 1.96. The number of ether oxygens (including phenoxy) is 1. The Morgan fingerprint density at radius 1 is 1.33 bits per heavy atom. The van der Waals surface area contributed by atoms with E-state index in [1.165, 1.54) is 19.1 Å². The molecule has 0 aliphatic heterocycles. The van der Waals surface area contributed by atoms with Crippen molar-refractivity contribution in [2.24, 2.45) is 0 Å². The van der Waals surface area contributed by atoms with Gasteiger partial charge in [0.05, 0.1) is 0 Å². The van der Waals surface area contributed by atoms with E-state index in [1.54, 1.807) is 12.1 Å². The molecule has 0 atom stereocenters. The molecule has 82 valence electrons. The molecule has 0 saturated heterocycles. The van der Waals surface area contributed by atoms with E-state index in [4.69, 9.17) is 4.74 Å². The van der Waals surface area contributed by atoms with Crippen molar-refractivity contribution in [1.29, 1.82) is 0 Å². The molecule has 15 heavy (non-hydrogen) atoms. The molecule has 0 aromatic heterocycles. The number of hydrogen-bond acceptors (Lipinski definition) is 2. The summed E-state index contributed by atoms with van der Waals surface area (Å²) in [6.45, 7) is 5.04. The van der Waals surface area contributed by atoms with E-state index in [1.807, 2.05) is 13.8 Å². The van der Waals surface area contributed by atoms with Gasteiger partial charge in [0.2, 0.25) is 0 Å². The molecule has 0 spiro atoms. The number of esters is 1. The molecule has 0 saturated carbocycles. The third-order valence-corrected chi connectivity index (χ3v) is 1.96. The molecule has 1 rings (SSSR count). The van der Waals surface area contributed by atoms with E-state index in [0.717, 1.165) is 5.56 Å². The maximum atomic E-state index is 12.6. The fourth-order valence-electron chi connectivity index (χ4n) is 1.52. The van der Waals surface area contributed by atoms with E-state index in [9.17, 15) is 9.18 Å². The molecule has 3 heteroatoms. The second kappa shape index (κ2) is 4.43. The predicted octanol–water partition coefficient (Wildman–Crippen LogP) is 2.71. The first-order chi connectivity index (χ1) is 6.89. The van der Waals surface area contributed by atoms with E-state index in [-0.39, 0.29) is 11.8 Å². The Morgan fingerprint density at radius 2 is 1.87 bits per heavy atom. The number of hydrogen-bond donors (Lipinski definition) is 0. The van der Waals surface area contributed by atoms with Crippen molar-refractivity contribution in [3.63, 3.8) is 0 Å². The maximum Gasteiger partial charge on any atom is 0.303 e. The molecule has 0 radical (unpaired) electrons. The van der Waals surface area contributed by atoms with Gasteiger partial charge in [0.1, 0.15) is 11.4 Å². The normalized spacial score (nSPS) is 11.2. The molecule has 0 fully saturated rings. The van der Waals surface area contributed by atoms with Crippen LogP contribution in [0.4, 0.5) is 4.39 Å². The summed E-state index contributed by atoms with van der Waals surface area (Å²) in [7, 11) is 0. The smallest absolute Gasteiger partial charge is 0.303 e. The minimum Gasteiger partial charge on any atom is -0.460 e. The highest BCUT2D eigenvalue weighted by Crippen LogP contribution is 2.17. The highest BCUT2D eigenvalue weighted by Gasteiger charge is 2.21. The van der Waals surface area contributed by atoms with Gasteiger partial charge in [-0.05, 0) is 31.5 Å². The highest BCUT2D eigenvalue weighted by atomic mass is 19.1. The van der Waals surface area contributed by atoms with Crippen molar-refractivity contribution in [2.45, 2.75) is 32.8 Å². The third kappa shape index (κ3) is 4.11. The molecule has 0 amide bonds. The van der Waals surface area contributed by atoms with E-state index in [0.29, 0.717) is 6.42 Å². The molecule has 0 unspecified atom stereocenters. The molecule has 0 heterocycles. The summed E-state index contributed by atoms with van der Waals surface area (Å²) in [5, 5.41) is 0. The Balaban J connectivity index is 2.68. The summed E-state index contributed by atoms with van der Waals surface area (Å²) in [5.74, 6) is -0.564. The Kier molecular flexibility index (Phi) is 3.45. The molecule has 0 aliphatic carbocycles. The van der Waals surface area contributed by atoms with Gasteiger partial charge in [-0.3, -0.25) is 4.79 Å². The maximum absolute atomic E-state index is 12.6. The topological polar surface area (TPSA) is 26.3 Å². The molecule has 1 aromatic rings. The second-order valence-electron chi connectivity index (χ2n) is 4.16. The molecular weight excluding hydrogens is 195 g/mol. The number of halogens is 1. The summed E-state index contributed by atoms with van der Waals surface area (Å²) in [6, 6.07) is 6.19. The first kappa shape index (κ1) is 11.7. The lowest BCUT2D eigenvalue weighted by Crippen LogP contribution is -2.29. The summed E-state index contributed by atoms with van der Waals surface area (Å²) < 4.78 is 17.8. The Labute approximate surface area is 89.1 Å². The van der Waals surface area contributed by atoms with Gasteiger partial charge in [0.25, 0.3) is 0 Å². The lowest BCUT2D eigenvalue weighted by Gasteiger charge is -2.24. The monoisotopic (exact) mass is 210 g/mol. The molecule has 0 N–H and O–H groups in total. The van der Waals surface area contributed by atoms with Crippen molar-refractivity contribution >= 4 is 5.97 Å². The number of carbonyl (C=O) groups excluding carboxylic acids is 1. The van der Waals surface area contributed by atoms with Crippen molar-refractivity contribution in [1.82, 2.24) is 0 Å². The number of rotatable bonds is 3. The average Bonchev–Trinajstić information content (AvgIpc) is 2.06. The van der Waals surface area contributed by atoms with Crippen LogP contribution in [0.2, 0.25) is 0 Å². The van der Waals surface area contributed by atoms with Gasteiger partial charge >= 0.3 is 5.97 Å². The highest BCUT2D eigenvalue weighted by molar-refractivity contribution is 5.66. The van der Waals surface area contributed by atoms with E-state index < -0.39 is 5.60 Å². The zero-order chi connectivity index (χ0) is 11.5. The van der Waals surface area contributed by atoms with Gasteiger partial charge < -0.3 is 4.74 Å². The van der Waals surface area contributed by atoms with Crippen LogP contribution in [0.1, 0.15) is 26.3 Å². The first-order valence-electron chi connectivity index (χ1n) is 4.83. The fourth-order valence-corrected chi connectivity index (χ4v) is 1.52. The molecule has 2 nitrogen and oxygen atoms in total. The largest absolute Gasteiger partial charge is 0.460 e. The van der Waals surface area contributed by atoms with Crippen LogP contribution in [0.5, 0.6) is 0 Å². The molecular formula is C12H15FO2. The second-order valence-corrected chi connectivity index (χ2v) is 4.16. The summed E-state index contributed by atoms with van der Waals surface area (Å²) >= 11 is 0. The summed E-state index contributed by atoms with van der Waals surface area (Å²) in [6.07, 6.45) is 0.576. The Bertz CT molecular complexity index is 341. The van der Waals surface area contributed by atoms with Gasteiger partial charge in [-0.2, -0.15) is 0 Å². The van der Waals surface area contributed by atoms with E-state index in [2.05, 4.69) is 0 Å². The van der Waals surface area contributed by atoms with Crippen LogP contribution in [0.3, 0.4) is 0 Å². The summed E-state index contributed by atoms with van der Waals surface area (Å²) in [4.78, 5) is 10.8. The molecule has 1 aromatic carbocycles. The van der Waals surface area contributed by atoms with E-state index >= 15 is 0 Å². The van der Waals surface area contributed by atoms with Crippen molar-refractivity contribution < 1.29 is 13.9 Å². The number of benzene rings is 1. The quantitative estimate of drug-likeness (QED) is 0.717. The lowest BCUT2D eigenvalue weighted by molar-refractivity contribution is -0.153. The molecule has 0 aliphatic rings. The van der Waals surface area contributed by atoms with Crippen LogP contribution in [0, 0.1) is 5.82 Å². The fraction of sp³-hybridized carbons (Fsp3) is 0.417. The Morgan fingerprint density at radius 3 is 2.33 bits per heavy atom. The first-order valence-corrected chi connectivity index (χ1v) is 4.83. The zero-order valence-electron chi connectivity index (χ0n) is 9.21. The minimum atomic E-state index is -0.552. The van der Waals surface area contributed by atoms with Crippen LogP contribution in [-0.4, -0.2) is 11.6 Å². The van der Waals surface area contributed by atoms with Gasteiger partial charge in [-0.25, -0.2) is 4.39 Å². The van der Waals surface area contributed by atoms with Crippen LogP contribution < -0.4 is 0 Å². The van der Waals surface area contributed by atoms with Gasteiger partial charge in [-0.1, -0.05) is 12.1 Å².